The van der Waals surface area contributed by atoms with E-state index in [1.807, 2.05) is 0 Å². The van der Waals surface area contributed by atoms with Crippen LogP contribution in [0.2, 0.25) is 0 Å². The lowest BCUT2D eigenvalue weighted by Gasteiger charge is -2.27. The van der Waals surface area contributed by atoms with E-state index < -0.39 is 16.0 Å². The van der Waals surface area contributed by atoms with Crippen molar-refractivity contribution in [1.82, 2.24) is 4.31 Å². The van der Waals surface area contributed by atoms with E-state index in [-0.39, 0.29) is 29.7 Å². The zero-order valence-corrected chi connectivity index (χ0v) is 13.5. The average molecular weight is 315 g/mol. The Balaban J connectivity index is 3.34. The summed E-state index contributed by atoms with van der Waals surface area (Å²) in [6.45, 7) is 5.68. The number of rotatable bonds is 7. The maximum absolute atomic E-state index is 12.8. The first-order chi connectivity index (χ1) is 9.75. The molecule has 21 heavy (non-hydrogen) atoms. The molecular formula is C14H21NO5S. The van der Waals surface area contributed by atoms with E-state index in [1.165, 1.54) is 29.6 Å². The molecular weight excluding hydrogens is 294 g/mol. The van der Waals surface area contributed by atoms with Gasteiger partial charge in [0.2, 0.25) is 10.0 Å². The van der Waals surface area contributed by atoms with Crippen LogP contribution in [0.5, 0.6) is 0 Å². The van der Waals surface area contributed by atoms with Crippen molar-refractivity contribution in [2.75, 3.05) is 20.3 Å². The van der Waals surface area contributed by atoms with Gasteiger partial charge < -0.3 is 9.84 Å². The molecule has 0 spiro atoms. The lowest BCUT2D eigenvalue weighted by atomic mass is 10.1. The molecule has 0 aliphatic carbocycles. The first-order valence-corrected chi connectivity index (χ1v) is 8.04. The minimum absolute atomic E-state index is 0.0206. The fourth-order valence-electron chi connectivity index (χ4n) is 2.18. The van der Waals surface area contributed by atoms with E-state index in [9.17, 15) is 13.2 Å². The summed E-state index contributed by atoms with van der Waals surface area (Å²) in [6, 6.07) is 3.77. The van der Waals surface area contributed by atoms with Crippen LogP contribution in [0.25, 0.3) is 0 Å². The molecule has 0 saturated carbocycles. The molecule has 1 aromatic carbocycles. The number of carbonyl (C=O) groups is 1. The van der Waals surface area contributed by atoms with Gasteiger partial charge in [-0.2, -0.15) is 4.31 Å². The smallest absolute Gasteiger partial charge is 0.335 e. The highest BCUT2D eigenvalue weighted by Gasteiger charge is 2.29. The van der Waals surface area contributed by atoms with Crippen molar-refractivity contribution in [3.8, 4) is 0 Å². The fraction of sp³-hybridized carbons (Fsp3) is 0.500. The maximum atomic E-state index is 12.8. The van der Waals surface area contributed by atoms with Gasteiger partial charge in [0, 0.05) is 19.7 Å². The SMILES string of the molecule is CCN(C(C)COC)S(=O)(=O)c1cc(C(=O)O)ccc1C. The fourth-order valence-corrected chi connectivity index (χ4v) is 4.06. The quantitative estimate of drug-likeness (QED) is 0.828. The second kappa shape index (κ2) is 7.02. The summed E-state index contributed by atoms with van der Waals surface area (Å²) < 4.78 is 31.8. The van der Waals surface area contributed by atoms with Crippen molar-refractivity contribution in [3.05, 3.63) is 29.3 Å². The number of aromatic carboxylic acids is 1. The highest BCUT2D eigenvalue weighted by molar-refractivity contribution is 7.89. The van der Waals surface area contributed by atoms with E-state index in [2.05, 4.69) is 0 Å². The van der Waals surface area contributed by atoms with Gasteiger partial charge in [-0.1, -0.05) is 13.0 Å². The molecule has 1 N–H and O–H groups in total. The Morgan fingerprint density at radius 1 is 1.43 bits per heavy atom. The van der Waals surface area contributed by atoms with Gasteiger partial charge in [-0.05, 0) is 31.5 Å². The third-order valence-electron chi connectivity index (χ3n) is 3.23. The number of benzene rings is 1. The van der Waals surface area contributed by atoms with Crippen molar-refractivity contribution in [3.63, 3.8) is 0 Å². The molecule has 1 unspecified atom stereocenters. The van der Waals surface area contributed by atoms with Gasteiger partial charge in [0.1, 0.15) is 0 Å². The van der Waals surface area contributed by atoms with Crippen LogP contribution >= 0.6 is 0 Å². The van der Waals surface area contributed by atoms with Crippen LogP contribution in [0, 0.1) is 6.92 Å². The zero-order valence-electron chi connectivity index (χ0n) is 12.7. The summed E-state index contributed by atoms with van der Waals surface area (Å²) in [5, 5.41) is 9.03. The Kier molecular flexibility index (Phi) is 5.88. The molecule has 0 aromatic heterocycles. The third-order valence-corrected chi connectivity index (χ3v) is 5.46. The molecule has 0 fully saturated rings. The predicted octanol–water partition coefficient (Wildman–Crippen LogP) is 1.74. The van der Waals surface area contributed by atoms with Crippen molar-refractivity contribution < 1.29 is 23.1 Å². The van der Waals surface area contributed by atoms with Crippen LogP contribution in [0.4, 0.5) is 0 Å². The van der Waals surface area contributed by atoms with E-state index in [0.29, 0.717) is 5.56 Å². The van der Waals surface area contributed by atoms with Gasteiger partial charge in [0.25, 0.3) is 0 Å². The number of carboxylic acid groups (broad SMARTS) is 1. The van der Waals surface area contributed by atoms with E-state index in [1.54, 1.807) is 20.8 Å². The van der Waals surface area contributed by atoms with Gasteiger partial charge in [-0.3, -0.25) is 0 Å². The molecule has 0 aliphatic rings. The Labute approximate surface area is 125 Å². The molecule has 1 rings (SSSR count). The number of sulfonamides is 1. The summed E-state index contributed by atoms with van der Waals surface area (Å²) in [5.74, 6) is -1.15. The van der Waals surface area contributed by atoms with Crippen LogP contribution in [0.3, 0.4) is 0 Å². The first-order valence-electron chi connectivity index (χ1n) is 6.60. The number of hydrogen-bond donors (Lipinski definition) is 1. The lowest BCUT2D eigenvalue weighted by molar-refractivity contribution is 0.0696. The largest absolute Gasteiger partial charge is 0.478 e. The monoisotopic (exact) mass is 315 g/mol. The highest BCUT2D eigenvalue weighted by atomic mass is 32.2. The van der Waals surface area contributed by atoms with Crippen LogP contribution in [-0.2, 0) is 14.8 Å². The van der Waals surface area contributed by atoms with Gasteiger partial charge in [-0.25, -0.2) is 13.2 Å². The van der Waals surface area contributed by atoms with Gasteiger partial charge in [0.05, 0.1) is 17.1 Å². The zero-order chi connectivity index (χ0) is 16.2. The third kappa shape index (κ3) is 3.81. The highest BCUT2D eigenvalue weighted by Crippen LogP contribution is 2.23. The number of nitrogens with zero attached hydrogens (tertiary/aromatic N) is 1. The van der Waals surface area contributed by atoms with Crippen LogP contribution in [0.1, 0.15) is 29.8 Å². The Morgan fingerprint density at radius 3 is 2.52 bits per heavy atom. The molecule has 1 atom stereocenters. The molecule has 0 aliphatic heterocycles. The summed E-state index contributed by atoms with van der Waals surface area (Å²) in [7, 11) is -2.26. The van der Waals surface area contributed by atoms with Crippen LogP contribution in [-0.4, -0.2) is 50.1 Å². The van der Waals surface area contributed by atoms with Crippen LogP contribution in [0.15, 0.2) is 23.1 Å². The second-order valence-corrected chi connectivity index (χ2v) is 6.66. The lowest BCUT2D eigenvalue weighted by Crippen LogP contribution is -2.41. The molecule has 0 amide bonds. The Bertz CT molecular complexity index is 612. The van der Waals surface area contributed by atoms with Crippen molar-refractivity contribution in [2.24, 2.45) is 0 Å². The first kappa shape index (κ1) is 17.6. The average Bonchev–Trinajstić information content (AvgIpc) is 2.39. The Morgan fingerprint density at radius 2 is 2.05 bits per heavy atom. The number of ether oxygens (including phenoxy) is 1. The standard InChI is InChI=1S/C14H21NO5S/c1-5-15(11(3)9-20-4)21(18,19)13-8-12(14(16)17)7-6-10(13)2/h6-8,11H,5,9H2,1-4H3,(H,16,17). The predicted molar refractivity (Wildman–Crippen MR) is 79.0 cm³/mol. The van der Waals surface area contributed by atoms with Gasteiger partial charge >= 0.3 is 5.97 Å². The van der Waals surface area contributed by atoms with Gasteiger partial charge in [0.15, 0.2) is 0 Å². The number of aryl methyl sites for hydroxylation is 1. The van der Waals surface area contributed by atoms with Crippen molar-refractivity contribution in [1.29, 1.82) is 0 Å². The second-order valence-electron chi connectivity index (χ2n) is 4.80. The topological polar surface area (TPSA) is 83.9 Å². The molecule has 7 heteroatoms. The molecule has 118 valence electrons. The summed E-state index contributed by atoms with van der Waals surface area (Å²) in [4.78, 5) is 11.1. The minimum atomic E-state index is -3.77. The molecule has 0 saturated heterocycles. The molecule has 0 heterocycles. The van der Waals surface area contributed by atoms with Crippen molar-refractivity contribution in [2.45, 2.75) is 31.7 Å². The molecule has 0 bridgehead atoms. The van der Waals surface area contributed by atoms with Crippen LogP contribution < -0.4 is 0 Å². The maximum Gasteiger partial charge on any atom is 0.335 e. The summed E-state index contributed by atoms with van der Waals surface area (Å²) in [5.41, 5.74) is 0.470. The number of likely N-dealkylation sites (N-methyl/N-ethyl adjacent to an activating group) is 1. The van der Waals surface area contributed by atoms with E-state index in [0.717, 1.165) is 0 Å². The molecule has 0 radical (unpaired) electrons. The summed E-state index contributed by atoms with van der Waals surface area (Å²) >= 11 is 0. The van der Waals surface area contributed by atoms with Gasteiger partial charge in [-0.15, -0.1) is 0 Å². The van der Waals surface area contributed by atoms with Crippen molar-refractivity contribution >= 4 is 16.0 Å². The molecule has 6 nitrogen and oxygen atoms in total. The molecule has 1 aromatic rings. The Hall–Kier alpha value is -1.44. The number of methoxy groups -OCH3 is 1. The normalized spacial score (nSPS) is 13.4. The van der Waals surface area contributed by atoms with E-state index in [4.69, 9.17) is 9.84 Å². The number of carboxylic acids is 1. The number of hydrogen-bond acceptors (Lipinski definition) is 4. The summed E-state index contributed by atoms with van der Waals surface area (Å²) in [6.07, 6.45) is 0. The van der Waals surface area contributed by atoms with E-state index >= 15 is 0 Å². The minimum Gasteiger partial charge on any atom is -0.478 e.